The van der Waals surface area contributed by atoms with Crippen molar-refractivity contribution in [3.05, 3.63) is 35.9 Å². The highest BCUT2D eigenvalue weighted by molar-refractivity contribution is 5.96. The van der Waals surface area contributed by atoms with Gasteiger partial charge in [-0.1, -0.05) is 44.2 Å². The number of nitrogens with zero attached hydrogens (tertiary/aromatic N) is 2. The van der Waals surface area contributed by atoms with Gasteiger partial charge in [-0.3, -0.25) is 4.79 Å². The van der Waals surface area contributed by atoms with Gasteiger partial charge in [-0.2, -0.15) is 0 Å². The summed E-state index contributed by atoms with van der Waals surface area (Å²) in [5, 5.41) is 0. The van der Waals surface area contributed by atoms with Crippen LogP contribution in [0.15, 0.2) is 40.3 Å². The second-order valence-corrected chi connectivity index (χ2v) is 8.14. The number of benzene rings is 1. The van der Waals surface area contributed by atoms with Gasteiger partial charge in [-0.15, -0.1) is 0 Å². The number of carbonyl (C=O) groups excluding carboxylic acids is 1. The minimum atomic E-state index is -0.555. The van der Waals surface area contributed by atoms with E-state index in [9.17, 15) is 4.79 Å². The van der Waals surface area contributed by atoms with Crippen LogP contribution in [0.4, 0.5) is 0 Å². The fraction of sp³-hybridized carbons (Fsp3) is 0.591. The quantitative estimate of drug-likeness (QED) is 0.686. The first kappa shape index (κ1) is 21.9. The lowest BCUT2D eigenvalue weighted by atomic mass is 10.0. The number of carbonyl (C=O) groups is 1. The first-order valence-electron chi connectivity index (χ1n) is 9.86. The molecule has 0 spiro atoms. The number of aliphatic imine (C=N–C) groups is 2. The summed E-state index contributed by atoms with van der Waals surface area (Å²) >= 11 is 0. The molecule has 2 rings (SSSR count). The number of rotatable bonds is 6. The molecule has 1 aliphatic heterocycles. The van der Waals surface area contributed by atoms with Crippen LogP contribution >= 0.6 is 0 Å². The molecule has 2 atom stereocenters. The lowest BCUT2D eigenvalue weighted by Gasteiger charge is -2.28. The van der Waals surface area contributed by atoms with Gasteiger partial charge in [-0.25, -0.2) is 9.98 Å². The zero-order valence-corrected chi connectivity index (χ0v) is 17.8. The van der Waals surface area contributed by atoms with Crippen molar-refractivity contribution in [2.24, 2.45) is 15.9 Å². The van der Waals surface area contributed by atoms with E-state index in [1.807, 2.05) is 58.0 Å². The summed E-state index contributed by atoms with van der Waals surface area (Å²) in [5.74, 6) is 0.870. The summed E-state index contributed by atoms with van der Waals surface area (Å²) in [7, 11) is 0. The average molecular weight is 389 g/mol. The van der Waals surface area contributed by atoms with Crippen LogP contribution < -0.4 is 0 Å². The molecule has 0 saturated heterocycles. The topological polar surface area (TPSA) is 69.5 Å². The highest BCUT2D eigenvalue weighted by Crippen LogP contribution is 2.21. The monoisotopic (exact) mass is 388 g/mol. The summed E-state index contributed by atoms with van der Waals surface area (Å²) < 4.78 is 17.2. The maximum Gasteiger partial charge on any atom is 0.309 e. The minimum Gasteiger partial charge on any atom is -0.480 e. The number of ether oxygens (including phenoxy) is 3. The van der Waals surface area contributed by atoms with E-state index in [1.54, 1.807) is 0 Å². The van der Waals surface area contributed by atoms with Crippen molar-refractivity contribution in [2.45, 2.75) is 72.3 Å². The minimum absolute atomic E-state index is 0.0618. The molecule has 1 aromatic rings. The summed E-state index contributed by atoms with van der Waals surface area (Å²) in [5.41, 5.74) is 0.475. The Morgan fingerprint density at radius 2 is 1.75 bits per heavy atom. The van der Waals surface area contributed by atoms with Crippen LogP contribution in [0.25, 0.3) is 0 Å². The van der Waals surface area contributed by atoms with Gasteiger partial charge in [-0.05, 0) is 39.2 Å². The Bertz CT molecular complexity index is 705. The standard InChI is InChI=1S/C22H32N2O4/c1-7-26-21-19(15(2)3)24-20(27-14-16-11-9-8-10-12-16)17(23-21)13-18(25)28-22(4,5)6/h8-12,15,17,19H,7,13-14H2,1-6H3/t17-,19+/m1/s1. The molecule has 0 fully saturated rings. The third-order valence-electron chi connectivity index (χ3n) is 4.02. The van der Waals surface area contributed by atoms with E-state index in [2.05, 4.69) is 18.8 Å². The maximum atomic E-state index is 12.4. The van der Waals surface area contributed by atoms with Gasteiger partial charge in [0.25, 0.3) is 0 Å². The van der Waals surface area contributed by atoms with Crippen molar-refractivity contribution in [1.82, 2.24) is 0 Å². The molecule has 0 radical (unpaired) electrons. The fourth-order valence-corrected chi connectivity index (χ4v) is 2.81. The molecular formula is C22H32N2O4. The van der Waals surface area contributed by atoms with Crippen LogP contribution in [0.1, 0.15) is 53.5 Å². The second-order valence-electron chi connectivity index (χ2n) is 8.14. The second kappa shape index (κ2) is 9.71. The third-order valence-corrected chi connectivity index (χ3v) is 4.02. The van der Waals surface area contributed by atoms with Crippen LogP contribution in [0.3, 0.4) is 0 Å². The first-order chi connectivity index (χ1) is 13.2. The predicted octanol–water partition coefficient (Wildman–Crippen LogP) is 4.18. The Labute approximate surface area is 168 Å². The lowest BCUT2D eigenvalue weighted by Crippen LogP contribution is -2.39. The summed E-state index contributed by atoms with van der Waals surface area (Å²) in [6.07, 6.45) is 0.0618. The molecular weight excluding hydrogens is 356 g/mol. The SMILES string of the molecule is CCOC1=N[C@H](CC(=O)OC(C)(C)C)C(OCc2ccccc2)=N[C@H]1C(C)C. The normalized spacial score (nSPS) is 19.7. The molecule has 6 nitrogen and oxygen atoms in total. The van der Waals surface area contributed by atoms with E-state index in [0.717, 1.165) is 5.56 Å². The number of hydrogen-bond donors (Lipinski definition) is 0. The van der Waals surface area contributed by atoms with Crippen LogP contribution in [0, 0.1) is 5.92 Å². The molecule has 0 unspecified atom stereocenters. The van der Waals surface area contributed by atoms with Gasteiger partial charge in [0.2, 0.25) is 11.8 Å². The Morgan fingerprint density at radius 3 is 2.32 bits per heavy atom. The molecule has 0 aromatic heterocycles. The Balaban J connectivity index is 2.21. The molecule has 0 N–H and O–H groups in total. The number of esters is 1. The van der Waals surface area contributed by atoms with Crippen LogP contribution in [0.2, 0.25) is 0 Å². The van der Waals surface area contributed by atoms with Crippen molar-refractivity contribution in [2.75, 3.05) is 6.61 Å². The van der Waals surface area contributed by atoms with E-state index < -0.39 is 11.6 Å². The molecule has 0 aliphatic carbocycles. The third kappa shape index (κ3) is 6.66. The number of hydrogen-bond acceptors (Lipinski definition) is 6. The van der Waals surface area contributed by atoms with Crippen LogP contribution in [-0.2, 0) is 25.6 Å². The summed E-state index contributed by atoms with van der Waals surface area (Å²) in [6.45, 7) is 12.4. The van der Waals surface area contributed by atoms with Gasteiger partial charge >= 0.3 is 5.97 Å². The average Bonchev–Trinajstić information content (AvgIpc) is 2.60. The molecule has 0 amide bonds. The van der Waals surface area contributed by atoms with Gasteiger partial charge in [0, 0.05) is 0 Å². The fourth-order valence-electron chi connectivity index (χ4n) is 2.81. The van der Waals surface area contributed by atoms with Crippen LogP contribution in [0.5, 0.6) is 0 Å². The van der Waals surface area contributed by atoms with E-state index in [0.29, 0.717) is 25.0 Å². The van der Waals surface area contributed by atoms with Gasteiger partial charge in [0.15, 0.2) is 0 Å². The van der Waals surface area contributed by atoms with Crippen molar-refractivity contribution >= 4 is 17.8 Å². The zero-order chi connectivity index (χ0) is 20.7. The molecule has 154 valence electrons. The molecule has 1 heterocycles. The first-order valence-corrected chi connectivity index (χ1v) is 9.86. The Hall–Kier alpha value is -2.37. The molecule has 1 aromatic carbocycles. The summed E-state index contributed by atoms with van der Waals surface area (Å²) in [4.78, 5) is 21.8. The molecule has 0 saturated carbocycles. The van der Waals surface area contributed by atoms with Crippen molar-refractivity contribution in [3.8, 4) is 0 Å². The lowest BCUT2D eigenvalue weighted by molar-refractivity contribution is -0.154. The molecule has 28 heavy (non-hydrogen) atoms. The largest absolute Gasteiger partial charge is 0.480 e. The van der Waals surface area contributed by atoms with E-state index in [4.69, 9.17) is 19.2 Å². The maximum absolute atomic E-state index is 12.4. The van der Waals surface area contributed by atoms with E-state index >= 15 is 0 Å². The van der Waals surface area contributed by atoms with Gasteiger partial charge < -0.3 is 14.2 Å². The van der Waals surface area contributed by atoms with Gasteiger partial charge in [0.1, 0.15) is 24.3 Å². The van der Waals surface area contributed by atoms with Gasteiger partial charge in [0.05, 0.1) is 13.0 Å². The Kier molecular flexibility index (Phi) is 7.61. The van der Waals surface area contributed by atoms with Crippen molar-refractivity contribution < 1.29 is 19.0 Å². The smallest absolute Gasteiger partial charge is 0.309 e. The summed E-state index contributed by atoms with van der Waals surface area (Å²) in [6, 6.07) is 9.09. The predicted molar refractivity (Wildman–Crippen MR) is 111 cm³/mol. The molecule has 1 aliphatic rings. The highest BCUT2D eigenvalue weighted by atomic mass is 16.6. The van der Waals surface area contributed by atoms with Crippen molar-refractivity contribution in [1.29, 1.82) is 0 Å². The Morgan fingerprint density at radius 1 is 1.07 bits per heavy atom. The van der Waals surface area contributed by atoms with Crippen LogP contribution in [-0.4, -0.2) is 42.1 Å². The van der Waals surface area contributed by atoms with Crippen molar-refractivity contribution in [3.63, 3.8) is 0 Å². The highest BCUT2D eigenvalue weighted by Gasteiger charge is 2.34. The van der Waals surface area contributed by atoms with E-state index in [-0.39, 0.29) is 24.3 Å². The molecule has 0 bridgehead atoms. The zero-order valence-electron chi connectivity index (χ0n) is 17.8. The molecule has 6 heteroatoms. The van der Waals surface area contributed by atoms with E-state index in [1.165, 1.54) is 0 Å².